The quantitative estimate of drug-likeness (QED) is 0.582. The Bertz CT molecular complexity index is 1260. The van der Waals surface area contributed by atoms with E-state index in [-0.39, 0.29) is 47.4 Å². The normalized spacial score (nSPS) is 16.4. The minimum Gasteiger partial charge on any atom is -0.407 e. The molecule has 166 valence electrons. The molecule has 0 saturated carbocycles. The van der Waals surface area contributed by atoms with Gasteiger partial charge in [0.2, 0.25) is 17.7 Å². The summed E-state index contributed by atoms with van der Waals surface area (Å²) in [4.78, 5) is 26.4. The summed E-state index contributed by atoms with van der Waals surface area (Å²) in [7, 11) is -3.32. The number of hydrogen-bond donors (Lipinski definition) is 1. The molecule has 0 aliphatic carbocycles. The molecule has 9 nitrogen and oxygen atoms in total. The van der Waals surface area contributed by atoms with Crippen molar-refractivity contribution in [1.29, 1.82) is 0 Å². The third-order valence-electron chi connectivity index (χ3n) is 5.02. The number of halogens is 1. The molecule has 1 atom stereocenters. The van der Waals surface area contributed by atoms with E-state index in [0.717, 1.165) is 11.8 Å². The van der Waals surface area contributed by atoms with Crippen LogP contribution in [0.15, 0.2) is 57.8 Å². The first-order valence-electron chi connectivity index (χ1n) is 9.67. The first-order valence-corrected chi connectivity index (χ1v) is 11.9. The number of carbonyl (C=O) groups is 2. The lowest BCUT2D eigenvalue weighted by atomic mass is 10.1. The van der Waals surface area contributed by atoms with E-state index in [1.165, 1.54) is 12.1 Å². The number of amides is 2. The number of rotatable bonds is 6. The predicted octanol–water partition coefficient (Wildman–Crippen LogP) is 2.83. The minimum atomic E-state index is -3.32. The van der Waals surface area contributed by atoms with Crippen molar-refractivity contribution >= 4 is 45.0 Å². The van der Waals surface area contributed by atoms with Gasteiger partial charge in [-0.1, -0.05) is 28.8 Å². The van der Waals surface area contributed by atoms with Gasteiger partial charge in [-0.3, -0.25) is 14.9 Å². The Kier molecular flexibility index (Phi) is 5.98. The van der Waals surface area contributed by atoms with Crippen molar-refractivity contribution < 1.29 is 22.4 Å². The third-order valence-corrected chi connectivity index (χ3v) is 6.40. The lowest BCUT2D eigenvalue weighted by molar-refractivity contribution is -0.117. The highest BCUT2D eigenvalue weighted by molar-refractivity contribution is 7.90. The Hall–Kier alpha value is -3.24. The lowest BCUT2D eigenvalue weighted by Gasteiger charge is -2.16. The van der Waals surface area contributed by atoms with Gasteiger partial charge in [0.15, 0.2) is 9.84 Å². The maximum atomic E-state index is 12.5. The van der Waals surface area contributed by atoms with E-state index >= 15 is 0 Å². The SMILES string of the molecule is CS(=O)(=O)c1ccc(N2CC(c3nnc(NC(=O)Cc4ccc(Cl)cc4)o3)CC2=O)cc1. The van der Waals surface area contributed by atoms with Crippen molar-refractivity contribution in [3.05, 3.63) is 65.0 Å². The molecule has 1 unspecified atom stereocenters. The number of sulfone groups is 1. The second-order valence-corrected chi connectivity index (χ2v) is 9.92. The summed E-state index contributed by atoms with van der Waals surface area (Å²) in [6.45, 7) is 0.303. The minimum absolute atomic E-state index is 0.0395. The van der Waals surface area contributed by atoms with Gasteiger partial charge in [-0.15, -0.1) is 5.10 Å². The summed E-state index contributed by atoms with van der Waals surface area (Å²) in [5, 5.41) is 11.0. The van der Waals surface area contributed by atoms with Gasteiger partial charge in [-0.2, -0.15) is 0 Å². The van der Waals surface area contributed by atoms with Gasteiger partial charge in [0.1, 0.15) is 0 Å². The molecule has 1 fully saturated rings. The number of nitrogens with one attached hydrogen (secondary N) is 1. The molecule has 0 bridgehead atoms. The fourth-order valence-electron chi connectivity index (χ4n) is 3.40. The molecule has 1 aromatic heterocycles. The Morgan fingerprint density at radius 1 is 1.16 bits per heavy atom. The van der Waals surface area contributed by atoms with Crippen LogP contribution in [0.2, 0.25) is 5.02 Å². The Balaban J connectivity index is 1.39. The highest BCUT2D eigenvalue weighted by Crippen LogP contribution is 2.32. The Morgan fingerprint density at radius 2 is 1.84 bits per heavy atom. The predicted molar refractivity (Wildman–Crippen MR) is 117 cm³/mol. The standard InChI is InChI=1S/C21H19ClN4O5S/c1-32(29,30)17-8-6-16(7-9-17)26-12-14(11-19(26)28)20-24-25-21(31-20)23-18(27)10-13-2-4-15(22)5-3-13/h2-9,14H,10-12H2,1H3,(H,23,25,27). The zero-order chi connectivity index (χ0) is 22.9. The van der Waals surface area contributed by atoms with E-state index in [0.29, 0.717) is 17.3 Å². The molecule has 3 aromatic rings. The van der Waals surface area contributed by atoms with Gasteiger partial charge < -0.3 is 9.32 Å². The number of benzene rings is 2. The van der Waals surface area contributed by atoms with Gasteiger partial charge >= 0.3 is 6.01 Å². The van der Waals surface area contributed by atoms with Crippen molar-refractivity contribution in [2.45, 2.75) is 23.7 Å². The number of nitrogens with zero attached hydrogens (tertiary/aromatic N) is 3. The molecule has 11 heteroatoms. The van der Waals surface area contributed by atoms with E-state index in [1.54, 1.807) is 41.3 Å². The average molecular weight is 475 g/mol. The summed E-state index contributed by atoms with van der Waals surface area (Å²) >= 11 is 5.84. The lowest BCUT2D eigenvalue weighted by Crippen LogP contribution is -2.24. The highest BCUT2D eigenvalue weighted by atomic mass is 35.5. The van der Waals surface area contributed by atoms with E-state index in [9.17, 15) is 18.0 Å². The fraction of sp³-hybridized carbons (Fsp3) is 0.238. The monoisotopic (exact) mass is 474 g/mol. The van der Waals surface area contributed by atoms with Crippen molar-refractivity contribution in [3.8, 4) is 0 Å². The van der Waals surface area contributed by atoms with Gasteiger partial charge in [0.05, 0.1) is 17.2 Å². The number of carbonyl (C=O) groups excluding carboxylic acids is 2. The molecule has 1 N–H and O–H groups in total. The van der Waals surface area contributed by atoms with E-state index < -0.39 is 9.84 Å². The summed E-state index contributed by atoms with van der Waals surface area (Å²) in [6.07, 6.45) is 1.41. The van der Waals surface area contributed by atoms with Crippen LogP contribution in [0.1, 0.15) is 23.8 Å². The molecule has 4 rings (SSSR count). The molecular weight excluding hydrogens is 456 g/mol. The molecule has 0 spiro atoms. The van der Waals surface area contributed by atoms with Crippen LogP contribution in [0.5, 0.6) is 0 Å². The summed E-state index contributed by atoms with van der Waals surface area (Å²) in [5.41, 5.74) is 1.37. The Labute approximate surface area is 189 Å². The second-order valence-electron chi connectivity index (χ2n) is 7.47. The number of hydrogen-bond acceptors (Lipinski definition) is 7. The van der Waals surface area contributed by atoms with Crippen molar-refractivity contribution in [1.82, 2.24) is 10.2 Å². The van der Waals surface area contributed by atoms with Crippen molar-refractivity contribution in [2.75, 3.05) is 23.0 Å². The number of aromatic nitrogens is 2. The first kappa shape index (κ1) is 22.0. The fourth-order valence-corrected chi connectivity index (χ4v) is 4.15. The zero-order valence-electron chi connectivity index (χ0n) is 17.0. The van der Waals surface area contributed by atoms with Crippen LogP contribution in [0.4, 0.5) is 11.7 Å². The second kappa shape index (κ2) is 8.71. The molecule has 1 saturated heterocycles. The smallest absolute Gasteiger partial charge is 0.322 e. The molecule has 1 aliphatic heterocycles. The van der Waals surface area contributed by atoms with Crippen LogP contribution >= 0.6 is 11.6 Å². The summed E-state index contributed by atoms with van der Waals surface area (Å²) < 4.78 is 28.8. The van der Waals surface area contributed by atoms with Gasteiger partial charge in [-0.05, 0) is 42.0 Å². The molecule has 32 heavy (non-hydrogen) atoms. The van der Waals surface area contributed by atoms with Gasteiger partial charge in [0, 0.05) is 29.9 Å². The highest BCUT2D eigenvalue weighted by Gasteiger charge is 2.35. The molecule has 0 radical (unpaired) electrons. The van der Waals surface area contributed by atoms with Crippen molar-refractivity contribution in [3.63, 3.8) is 0 Å². The van der Waals surface area contributed by atoms with E-state index in [2.05, 4.69) is 15.5 Å². The van der Waals surface area contributed by atoms with Gasteiger partial charge in [0.25, 0.3) is 0 Å². The van der Waals surface area contributed by atoms with Crippen LogP contribution in [0.25, 0.3) is 0 Å². The van der Waals surface area contributed by atoms with Crippen LogP contribution in [0.3, 0.4) is 0 Å². The zero-order valence-corrected chi connectivity index (χ0v) is 18.6. The largest absolute Gasteiger partial charge is 0.407 e. The van der Waals surface area contributed by atoms with Crippen molar-refractivity contribution in [2.24, 2.45) is 0 Å². The summed E-state index contributed by atoms with van der Waals surface area (Å²) in [5.74, 6) is -0.562. The molecule has 2 heterocycles. The van der Waals surface area contributed by atoms with Crippen LogP contribution < -0.4 is 10.2 Å². The van der Waals surface area contributed by atoms with Crippen LogP contribution in [-0.2, 0) is 25.8 Å². The summed E-state index contributed by atoms with van der Waals surface area (Å²) in [6, 6.07) is 13.0. The maximum Gasteiger partial charge on any atom is 0.322 e. The topological polar surface area (TPSA) is 122 Å². The first-order chi connectivity index (χ1) is 15.2. The molecule has 2 amide bonds. The van der Waals surface area contributed by atoms with Crippen LogP contribution in [-0.4, -0.2) is 43.2 Å². The van der Waals surface area contributed by atoms with Crippen LogP contribution in [0, 0.1) is 0 Å². The van der Waals surface area contributed by atoms with E-state index in [1.807, 2.05) is 0 Å². The average Bonchev–Trinajstić information content (AvgIpc) is 3.35. The maximum absolute atomic E-state index is 12.5. The third kappa shape index (κ3) is 4.97. The molecule has 2 aromatic carbocycles. The van der Waals surface area contributed by atoms with Gasteiger partial charge in [-0.25, -0.2) is 8.42 Å². The molecule has 1 aliphatic rings. The van der Waals surface area contributed by atoms with E-state index in [4.69, 9.17) is 16.0 Å². The number of anilines is 2. The Morgan fingerprint density at radius 3 is 2.50 bits per heavy atom. The molecular formula is C21H19ClN4O5S.